The first kappa shape index (κ1) is 13.4. The summed E-state index contributed by atoms with van der Waals surface area (Å²) >= 11 is 3.21. The van der Waals surface area contributed by atoms with Crippen molar-refractivity contribution in [2.75, 3.05) is 6.54 Å². The molecule has 0 radical (unpaired) electrons. The number of halogens is 2. The van der Waals surface area contributed by atoms with Gasteiger partial charge in [0, 0.05) is 0 Å². The van der Waals surface area contributed by atoms with E-state index in [-0.39, 0.29) is 11.9 Å². The van der Waals surface area contributed by atoms with Crippen LogP contribution >= 0.6 is 15.9 Å². The number of rotatable bonds is 4. The van der Waals surface area contributed by atoms with E-state index in [1.807, 2.05) is 12.1 Å². The van der Waals surface area contributed by atoms with Crippen molar-refractivity contribution >= 4 is 15.9 Å². The number of benzene rings is 1. The molecule has 0 aliphatic carbocycles. The van der Waals surface area contributed by atoms with Crippen LogP contribution in [-0.2, 0) is 0 Å². The summed E-state index contributed by atoms with van der Waals surface area (Å²) in [7, 11) is 0. The lowest BCUT2D eigenvalue weighted by atomic mass is 10.0. The summed E-state index contributed by atoms with van der Waals surface area (Å²) < 4.78 is 13.6. The van der Waals surface area contributed by atoms with Gasteiger partial charge in [0.25, 0.3) is 0 Å². The molecule has 1 aromatic rings. The number of nitrogens with one attached hydrogen (secondary N) is 1. The van der Waals surface area contributed by atoms with E-state index < -0.39 is 0 Å². The quantitative estimate of drug-likeness (QED) is 0.818. The van der Waals surface area contributed by atoms with Crippen LogP contribution in [0.4, 0.5) is 4.39 Å². The molecule has 0 saturated carbocycles. The summed E-state index contributed by atoms with van der Waals surface area (Å²) in [6.45, 7) is 7.06. The van der Waals surface area contributed by atoms with E-state index in [1.165, 1.54) is 11.6 Å². The van der Waals surface area contributed by atoms with Gasteiger partial charge in [0.15, 0.2) is 0 Å². The van der Waals surface area contributed by atoms with Gasteiger partial charge in [-0.3, -0.25) is 0 Å². The highest BCUT2D eigenvalue weighted by Gasteiger charge is 2.09. The molecule has 0 aromatic heterocycles. The van der Waals surface area contributed by atoms with E-state index in [0.29, 0.717) is 4.47 Å². The van der Waals surface area contributed by atoms with Gasteiger partial charge in [-0.05, 0) is 54.0 Å². The molecule has 1 rings (SSSR count). The molecule has 16 heavy (non-hydrogen) atoms. The Morgan fingerprint density at radius 1 is 1.50 bits per heavy atom. The van der Waals surface area contributed by atoms with E-state index in [1.54, 1.807) is 0 Å². The minimum absolute atomic E-state index is 0.145. The minimum atomic E-state index is -0.226. The molecule has 1 aromatic carbocycles. The van der Waals surface area contributed by atoms with Crippen molar-refractivity contribution < 1.29 is 4.39 Å². The predicted octanol–water partition coefficient (Wildman–Crippen LogP) is 4.21. The third kappa shape index (κ3) is 3.72. The maximum absolute atomic E-state index is 13.1. The molecule has 1 nitrogen and oxygen atoms in total. The fourth-order valence-corrected chi connectivity index (χ4v) is 1.93. The third-order valence-corrected chi connectivity index (χ3v) is 2.83. The lowest BCUT2D eigenvalue weighted by molar-refractivity contribution is 0.612. The lowest BCUT2D eigenvalue weighted by Gasteiger charge is -2.15. The van der Waals surface area contributed by atoms with Crippen molar-refractivity contribution in [1.29, 1.82) is 0 Å². The average Bonchev–Trinajstić information content (AvgIpc) is 2.21. The number of hydrogen-bond donors (Lipinski definition) is 1. The van der Waals surface area contributed by atoms with E-state index in [9.17, 15) is 4.39 Å². The molecule has 0 saturated heterocycles. The highest BCUT2D eigenvalue weighted by atomic mass is 79.9. The minimum Gasteiger partial charge on any atom is -0.307 e. The maximum atomic E-state index is 13.1. The molecule has 0 heterocycles. The van der Waals surface area contributed by atoms with Crippen LogP contribution in [0.1, 0.15) is 32.4 Å². The SMILES string of the molecule is CCNC(C=C(C)C)c1ccc(F)c(Br)c1. The van der Waals surface area contributed by atoms with E-state index in [4.69, 9.17) is 0 Å². The normalized spacial score (nSPS) is 12.3. The van der Waals surface area contributed by atoms with E-state index in [0.717, 1.165) is 12.1 Å². The van der Waals surface area contributed by atoms with Crippen LogP contribution in [0, 0.1) is 5.82 Å². The smallest absolute Gasteiger partial charge is 0.137 e. The summed E-state index contributed by atoms with van der Waals surface area (Å²) in [5.41, 5.74) is 2.31. The molecule has 88 valence electrons. The summed E-state index contributed by atoms with van der Waals surface area (Å²) in [5.74, 6) is -0.226. The van der Waals surface area contributed by atoms with Crippen LogP contribution in [-0.4, -0.2) is 6.54 Å². The van der Waals surface area contributed by atoms with Crippen molar-refractivity contribution in [3.8, 4) is 0 Å². The van der Waals surface area contributed by atoms with Gasteiger partial charge >= 0.3 is 0 Å². The van der Waals surface area contributed by atoms with Crippen LogP contribution in [0.15, 0.2) is 34.3 Å². The highest BCUT2D eigenvalue weighted by Crippen LogP contribution is 2.22. The number of likely N-dealkylation sites (N-methyl/N-ethyl adjacent to an activating group) is 1. The van der Waals surface area contributed by atoms with Gasteiger partial charge in [0.05, 0.1) is 10.5 Å². The molecule has 0 amide bonds. The van der Waals surface area contributed by atoms with Gasteiger partial charge in [-0.1, -0.05) is 24.6 Å². The van der Waals surface area contributed by atoms with Crippen molar-refractivity contribution in [3.63, 3.8) is 0 Å². The molecule has 0 fully saturated rings. The maximum Gasteiger partial charge on any atom is 0.137 e. The van der Waals surface area contributed by atoms with Gasteiger partial charge < -0.3 is 5.32 Å². The Balaban J connectivity index is 3.01. The Bertz CT molecular complexity index is 384. The van der Waals surface area contributed by atoms with Crippen LogP contribution in [0.5, 0.6) is 0 Å². The molecule has 0 bridgehead atoms. The van der Waals surface area contributed by atoms with Gasteiger partial charge in [-0.25, -0.2) is 4.39 Å². The second kappa shape index (κ2) is 6.16. The molecule has 0 spiro atoms. The average molecular weight is 286 g/mol. The standard InChI is InChI=1S/C13H17BrFN/c1-4-16-13(7-9(2)3)10-5-6-12(15)11(14)8-10/h5-8,13,16H,4H2,1-3H3. The van der Waals surface area contributed by atoms with Crippen molar-refractivity contribution in [1.82, 2.24) is 5.32 Å². The van der Waals surface area contributed by atoms with Crippen molar-refractivity contribution in [3.05, 3.63) is 45.7 Å². The Morgan fingerprint density at radius 3 is 2.69 bits per heavy atom. The molecular formula is C13H17BrFN. The first-order valence-electron chi connectivity index (χ1n) is 5.38. The van der Waals surface area contributed by atoms with Crippen LogP contribution in [0.3, 0.4) is 0 Å². The second-order valence-corrected chi connectivity index (χ2v) is 4.81. The predicted molar refractivity (Wildman–Crippen MR) is 69.9 cm³/mol. The molecule has 0 aliphatic heterocycles. The third-order valence-electron chi connectivity index (χ3n) is 2.23. The summed E-state index contributed by atoms with van der Waals surface area (Å²) in [5, 5.41) is 3.36. The topological polar surface area (TPSA) is 12.0 Å². The van der Waals surface area contributed by atoms with Crippen molar-refractivity contribution in [2.24, 2.45) is 0 Å². The van der Waals surface area contributed by atoms with Crippen LogP contribution in [0.25, 0.3) is 0 Å². The lowest BCUT2D eigenvalue weighted by Crippen LogP contribution is -2.19. The fourth-order valence-electron chi connectivity index (χ4n) is 1.53. The van der Waals surface area contributed by atoms with Crippen LogP contribution < -0.4 is 5.32 Å². The molecule has 1 unspecified atom stereocenters. The van der Waals surface area contributed by atoms with Gasteiger partial charge in [0.1, 0.15) is 5.82 Å². The number of hydrogen-bond acceptors (Lipinski definition) is 1. The van der Waals surface area contributed by atoms with E-state index >= 15 is 0 Å². The monoisotopic (exact) mass is 285 g/mol. The molecule has 0 aliphatic rings. The number of allylic oxidation sites excluding steroid dienone is 1. The molecule has 1 atom stereocenters. The molecule has 3 heteroatoms. The zero-order valence-electron chi connectivity index (χ0n) is 9.85. The summed E-state index contributed by atoms with van der Waals surface area (Å²) in [4.78, 5) is 0. The first-order valence-corrected chi connectivity index (χ1v) is 6.17. The highest BCUT2D eigenvalue weighted by molar-refractivity contribution is 9.10. The molecular weight excluding hydrogens is 269 g/mol. The fraction of sp³-hybridized carbons (Fsp3) is 0.385. The Hall–Kier alpha value is -0.670. The Labute approximate surface area is 105 Å². The summed E-state index contributed by atoms with van der Waals surface area (Å²) in [6.07, 6.45) is 2.14. The van der Waals surface area contributed by atoms with E-state index in [2.05, 4.69) is 48.1 Å². The Kier molecular flexibility index (Phi) is 5.16. The van der Waals surface area contributed by atoms with Crippen LogP contribution in [0.2, 0.25) is 0 Å². The summed E-state index contributed by atoms with van der Waals surface area (Å²) in [6, 6.07) is 5.27. The van der Waals surface area contributed by atoms with Gasteiger partial charge in [-0.2, -0.15) is 0 Å². The Morgan fingerprint density at radius 2 is 2.19 bits per heavy atom. The zero-order chi connectivity index (χ0) is 12.1. The van der Waals surface area contributed by atoms with Gasteiger partial charge in [-0.15, -0.1) is 0 Å². The first-order chi connectivity index (χ1) is 7.54. The second-order valence-electron chi connectivity index (χ2n) is 3.95. The van der Waals surface area contributed by atoms with Gasteiger partial charge in [0.2, 0.25) is 0 Å². The van der Waals surface area contributed by atoms with Crippen molar-refractivity contribution in [2.45, 2.75) is 26.8 Å². The molecule has 1 N–H and O–H groups in total. The zero-order valence-corrected chi connectivity index (χ0v) is 11.4. The largest absolute Gasteiger partial charge is 0.307 e.